The molecule has 0 heterocycles. The number of rotatable bonds is 6. The van der Waals surface area contributed by atoms with Crippen molar-refractivity contribution in [1.82, 2.24) is 0 Å². The van der Waals surface area contributed by atoms with Gasteiger partial charge < -0.3 is 9.80 Å². The lowest BCUT2D eigenvalue weighted by molar-refractivity contribution is 1.25. The summed E-state index contributed by atoms with van der Waals surface area (Å²) in [4.78, 5) is 4.59. The second-order valence-electron chi connectivity index (χ2n) is 11.2. The lowest BCUT2D eigenvalue weighted by Gasteiger charge is -2.29. The zero-order chi connectivity index (χ0) is 30.2. The number of hydrogen-bond acceptors (Lipinski definition) is 2. The SMILES string of the molecule is Clc1cccc(N(c2ccccc2)c2cccc(N(c3ccccc3)c3ccc4c5ccccc5c5ccccc5c4c3)c2)c1. The molecule has 0 fully saturated rings. The summed E-state index contributed by atoms with van der Waals surface area (Å²) in [6.07, 6.45) is 0. The number of halogens is 1. The predicted molar refractivity (Wildman–Crippen MR) is 193 cm³/mol. The molecule has 0 amide bonds. The van der Waals surface area contributed by atoms with Gasteiger partial charge in [-0.3, -0.25) is 0 Å². The minimum atomic E-state index is 0.700. The highest BCUT2D eigenvalue weighted by atomic mass is 35.5. The van der Waals surface area contributed by atoms with Gasteiger partial charge >= 0.3 is 0 Å². The van der Waals surface area contributed by atoms with Crippen LogP contribution in [-0.2, 0) is 0 Å². The Bertz CT molecular complexity index is 2260. The summed E-state index contributed by atoms with van der Waals surface area (Å²) in [5.74, 6) is 0. The van der Waals surface area contributed by atoms with E-state index in [1.54, 1.807) is 0 Å². The molecule has 0 aliphatic carbocycles. The number of anilines is 6. The van der Waals surface area contributed by atoms with Crippen LogP contribution >= 0.6 is 11.6 Å². The molecule has 3 heteroatoms. The highest BCUT2D eigenvalue weighted by Gasteiger charge is 2.18. The standard InChI is InChI=1S/C42H29ClN2/c43-30-13-11-18-33(27-30)44(31-14-3-1-4-15-31)34-19-12-20-35(28-34)45(32-16-5-2-6-17-32)36-25-26-41-39-23-8-7-21-37(39)38-22-9-10-24-40(38)42(41)29-36/h1-29H. The molecule has 8 aromatic rings. The van der Waals surface area contributed by atoms with E-state index in [1.807, 2.05) is 24.3 Å². The highest BCUT2D eigenvalue weighted by Crippen LogP contribution is 2.43. The van der Waals surface area contributed by atoms with Crippen molar-refractivity contribution in [2.45, 2.75) is 0 Å². The number of benzene rings is 8. The summed E-state index contributed by atoms with van der Waals surface area (Å²) in [5, 5.41) is 8.27. The Morgan fingerprint density at radius 3 is 1.16 bits per heavy atom. The molecule has 45 heavy (non-hydrogen) atoms. The Kier molecular flexibility index (Phi) is 6.90. The van der Waals surface area contributed by atoms with Gasteiger partial charge in [0.25, 0.3) is 0 Å². The van der Waals surface area contributed by atoms with Crippen molar-refractivity contribution < 1.29 is 0 Å². The van der Waals surface area contributed by atoms with Gasteiger partial charge in [-0.1, -0.05) is 115 Å². The van der Waals surface area contributed by atoms with Crippen LogP contribution in [0.5, 0.6) is 0 Å². The van der Waals surface area contributed by atoms with E-state index in [1.165, 1.54) is 32.3 Å². The average molecular weight is 597 g/mol. The molecule has 0 aliphatic rings. The molecule has 8 rings (SSSR count). The maximum Gasteiger partial charge on any atom is 0.0482 e. The summed E-state index contributed by atoms with van der Waals surface area (Å²) in [5.41, 5.74) is 6.35. The summed E-state index contributed by atoms with van der Waals surface area (Å²) >= 11 is 6.50. The van der Waals surface area contributed by atoms with Crippen LogP contribution in [0.2, 0.25) is 5.02 Å². The summed E-state index contributed by atoms with van der Waals surface area (Å²) in [6.45, 7) is 0. The van der Waals surface area contributed by atoms with Gasteiger partial charge in [-0.25, -0.2) is 0 Å². The zero-order valence-electron chi connectivity index (χ0n) is 24.5. The third-order valence-electron chi connectivity index (χ3n) is 8.43. The normalized spacial score (nSPS) is 11.2. The van der Waals surface area contributed by atoms with Crippen LogP contribution in [0, 0.1) is 0 Å². The van der Waals surface area contributed by atoms with Gasteiger partial charge in [-0.05, 0) is 105 Å². The van der Waals surface area contributed by atoms with Crippen molar-refractivity contribution in [1.29, 1.82) is 0 Å². The molecule has 0 saturated heterocycles. The molecular weight excluding hydrogens is 568 g/mol. The van der Waals surface area contributed by atoms with E-state index >= 15 is 0 Å². The van der Waals surface area contributed by atoms with Crippen molar-refractivity contribution in [3.63, 3.8) is 0 Å². The van der Waals surface area contributed by atoms with Gasteiger partial charge in [0.05, 0.1) is 0 Å². The summed E-state index contributed by atoms with van der Waals surface area (Å²) in [6, 6.07) is 62.1. The molecule has 0 radical (unpaired) electrons. The molecule has 0 bridgehead atoms. The van der Waals surface area contributed by atoms with Gasteiger partial charge in [0.1, 0.15) is 0 Å². The number of hydrogen-bond donors (Lipinski definition) is 0. The molecule has 8 aromatic carbocycles. The Labute approximate surface area is 268 Å². The maximum absolute atomic E-state index is 6.50. The largest absolute Gasteiger partial charge is 0.310 e. The minimum absolute atomic E-state index is 0.700. The van der Waals surface area contributed by atoms with E-state index in [0.29, 0.717) is 5.02 Å². The quantitative estimate of drug-likeness (QED) is 0.176. The summed E-state index contributed by atoms with van der Waals surface area (Å²) in [7, 11) is 0. The van der Waals surface area contributed by atoms with E-state index in [0.717, 1.165) is 34.1 Å². The van der Waals surface area contributed by atoms with Crippen LogP contribution in [0.25, 0.3) is 32.3 Å². The van der Waals surface area contributed by atoms with E-state index in [2.05, 4.69) is 161 Å². The van der Waals surface area contributed by atoms with Crippen molar-refractivity contribution in [2.75, 3.05) is 9.80 Å². The molecular formula is C42H29ClN2. The molecule has 0 aromatic heterocycles. The van der Waals surface area contributed by atoms with Crippen LogP contribution < -0.4 is 9.80 Å². The van der Waals surface area contributed by atoms with Crippen molar-refractivity contribution in [3.8, 4) is 0 Å². The Hall–Kier alpha value is -5.57. The van der Waals surface area contributed by atoms with Crippen LogP contribution in [0.1, 0.15) is 0 Å². The first-order valence-electron chi connectivity index (χ1n) is 15.1. The molecule has 0 unspecified atom stereocenters. The first-order chi connectivity index (χ1) is 22.2. The van der Waals surface area contributed by atoms with Crippen molar-refractivity contribution in [3.05, 3.63) is 181 Å². The third kappa shape index (κ3) is 4.96. The predicted octanol–water partition coefficient (Wildman–Crippen LogP) is 12.7. The number of fused-ring (bicyclic) bond motifs is 6. The fourth-order valence-corrected chi connectivity index (χ4v) is 6.65. The van der Waals surface area contributed by atoms with Gasteiger partial charge in [-0.2, -0.15) is 0 Å². The van der Waals surface area contributed by atoms with Gasteiger partial charge in [0, 0.05) is 39.1 Å². The fraction of sp³-hybridized carbons (Fsp3) is 0. The molecule has 0 aliphatic heterocycles. The molecule has 2 nitrogen and oxygen atoms in total. The smallest absolute Gasteiger partial charge is 0.0482 e. The van der Waals surface area contributed by atoms with Crippen LogP contribution in [0.3, 0.4) is 0 Å². The monoisotopic (exact) mass is 596 g/mol. The van der Waals surface area contributed by atoms with E-state index in [4.69, 9.17) is 11.6 Å². The lowest BCUT2D eigenvalue weighted by atomic mass is 9.94. The fourth-order valence-electron chi connectivity index (χ4n) is 6.47. The maximum atomic E-state index is 6.50. The number of nitrogens with zero attached hydrogens (tertiary/aromatic N) is 2. The van der Waals surface area contributed by atoms with Crippen LogP contribution in [0.4, 0.5) is 34.1 Å². The molecule has 214 valence electrons. The second-order valence-corrected chi connectivity index (χ2v) is 11.6. The molecule has 0 N–H and O–H groups in total. The minimum Gasteiger partial charge on any atom is -0.310 e. The van der Waals surface area contributed by atoms with Crippen LogP contribution in [-0.4, -0.2) is 0 Å². The van der Waals surface area contributed by atoms with Gasteiger partial charge in [0.2, 0.25) is 0 Å². The Morgan fingerprint density at radius 2 is 0.644 bits per heavy atom. The second kappa shape index (κ2) is 11.5. The topological polar surface area (TPSA) is 6.48 Å². The highest BCUT2D eigenvalue weighted by molar-refractivity contribution is 6.31. The Morgan fingerprint density at radius 1 is 0.267 bits per heavy atom. The van der Waals surface area contributed by atoms with E-state index in [-0.39, 0.29) is 0 Å². The van der Waals surface area contributed by atoms with Crippen molar-refractivity contribution >= 4 is 78.0 Å². The average Bonchev–Trinajstić information content (AvgIpc) is 3.10. The molecule has 0 spiro atoms. The number of para-hydroxylation sites is 2. The third-order valence-corrected chi connectivity index (χ3v) is 8.66. The van der Waals surface area contributed by atoms with Crippen molar-refractivity contribution in [2.24, 2.45) is 0 Å². The Balaban J connectivity index is 1.34. The molecule has 0 saturated carbocycles. The lowest BCUT2D eigenvalue weighted by Crippen LogP contribution is -2.13. The van der Waals surface area contributed by atoms with E-state index < -0.39 is 0 Å². The van der Waals surface area contributed by atoms with Gasteiger partial charge in [0.15, 0.2) is 0 Å². The van der Waals surface area contributed by atoms with Crippen LogP contribution in [0.15, 0.2) is 176 Å². The molecule has 0 atom stereocenters. The van der Waals surface area contributed by atoms with Gasteiger partial charge in [-0.15, -0.1) is 0 Å². The first-order valence-corrected chi connectivity index (χ1v) is 15.5. The zero-order valence-corrected chi connectivity index (χ0v) is 25.3. The first kappa shape index (κ1) is 27.0. The van der Waals surface area contributed by atoms with E-state index in [9.17, 15) is 0 Å². The summed E-state index contributed by atoms with van der Waals surface area (Å²) < 4.78 is 0.